The van der Waals surface area contributed by atoms with E-state index < -0.39 is 28.5 Å². The van der Waals surface area contributed by atoms with E-state index in [1.165, 1.54) is 4.90 Å². The number of rotatable bonds is 10. The van der Waals surface area contributed by atoms with Gasteiger partial charge in [-0.2, -0.15) is 0 Å². The fraction of sp³-hybridized carbons (Fsp3) is 0.417. The highest BCUT2D eigenvalue weighted by atomic mass is 35.5. The number of sulfonamides is 1. The Kier molecular flexibility index (Phi) is 9.31. The molecule has 0 aliphatic rings. The van der Waals surface area contributed by atoms with Crippen LogP contribution in [0.2, 0.25) is 5.02 Å². The van der Waals surface area contributed by atoms with Gasteiger partial charge >= 0.3 is 0 Å². The smallest absolute Gasteiger partial charge is 0.244 e. The lowest BCUT2D eigenvalue weighted by Crippen LogP contribution is -2.52. The summed E-state index contributed by atoms with van der Waals surface area (Å²) in [5, 5.41) is 3.18. The molecular formula is C24H32ClN3O4S. The van der Waals surface area contributed by atoms with Gasteiger partial charge in [-0.25, -0.2) is 8.42 Å². The quantitative estimate of drug-likeness (QED) is 0.547. The molecule has 0 aliphatic heterocycles. The molecule has 180 valence electrons. The van der Waals surface area contributed by atoms with E-state index in [1.807, 2.05) is 45.0 Å². The van der Waals surface area contributed by atoms with Crippen LogP contribution in [0.5, 0.6) is 0 Å². The van der Waals surface area contributed by atoms with Crippen molar-refractivity contribution < 1.29 is 18.0 Å². The van der Waals surface area contributed by atoms with Crippen LogP contribution >= 0.6 is 11.6 Å². The summed E-state index contributed by atoms with van der Waals surface area (Å²) in [6.07, 6.45) is 1.44. The molecule has 0 aliphatic carbocycles. The van der Waals surface area contributed by atoms with Gasteiger partial charge in [0.25, 0.3) is 0 Å². The summed E-state index contributed by atoms with van der Waals surface area (Å²) >= 11 is 6.21. The number of hydrogen-bond acceptors (Lipinski definition) is 4. The van der Waals surface area contributed by atoms with Crippen molar-refractivity contribution in [3.63, 3.8) is 0 Å². The van der Waals surface area contributed by atoms with Crippen molar-refractivity contribution in [3.05, 3.63) is 64.2 Å². The third-order valence-corrected chi connectivity index (χ3v) is 7.06. The van der Waals surface area contributed by atoms with Gasteiger partial charge in [0.2, 0.25) is 21.8 Å². The largest absolute Gasteiger partial charge is 0.355 e. The summed E-state index contributed by atoms with van der Waals surface area (Å²) in [7, 11) is -3.80. The Morgan fingerprint density at radius 3 is 2.30 bits per heavy atom. The first-order valence-electron chi connectivity index (χ1n) is 10.9. The van der Waals surface area contributed by atoms with E-state index in [1.54, 1.807) is 25.1 Å². The van der Waals surface area contributed by atoms with Crippen molar-refractivity contribution in [1.29, 1.82) is 0 Å². The molecule has 33 heavy (non-hydrogen) atoms. The third-order valence-electron chi connectivity index (χ3n) is 5.53. The number of carbonyl (C=O) groups excluding carboxylic acids is 2. The molecule has 0 saturated carbocycles. The standard InChI is InChI=1S/C24H32ClN3O4S/c1-6-21(24(30)26-7-2)27(15-19-12-9-8-11-17(19)3)23(29)16-28(33(5,31)32)22-14-10-13-20(25)18(22)4/h8-14,21H,6-7,15-16H2,1-5H3,(H,26,30)/t21-/m1/s1. The first-order valence-corrected chi connectivity index (χ1v) is 13.1. The monoisotopic (exact) mass is 493 g/mol. The number of carbonyl (C=O) groups is 2. The van der Waals surface area contributed by atoms with Gasteiger partial charge < -0.3 is 10.2 Å². The number of benzene rings is 2. The van der Waals surface area contributed by atoms with E-state index in [4.69, 9.17) is 11.6 Å². The van der Waals surface area contributed by atoms with E-state index in [2.05, 4.69) is 5.32 Å². The number of halogens is 1. The molecule has 7 nitrogen and oxygen atoms in total. The number of hydrogen-bond donors (Lipinski definition) is 1. The highest BCUT2D eigenvalue weighted by molar-refractivity contribution is 7.92. The van der Waals surface area contributed by atoms with Crippen LogP contribution < -0.4 is 9.62 Å². The molecule has 1 atom stereocenters. The summed E-state index contributed by atoms with van der Waals surface area (Å²) in [6.45, 7) is 7.45. The zero-order valence-electron chi connectivity index (χ0n) is 19.8. The highest BCUT2D eigenvalue weighted by Gasteiger charge is 2.32. The maximum absolute atomic E-state index is 13.6. The van der Waals surface area contributed by atoms with Gasteiger partial charge in [0.05, 0.1) is 11.9 Å². The normalized spacial score (nSPS) is 12.2. The minimum atomic E-state index is -3.80. The van der Waals surface area contributed by atoms with E-state index in [9.17, 15) is 18.0 Å². The van der Waals surface area contributed by atoms with Gasteiger partial charge in [-0.1, -0.05) is 48.9 Å². The van der Waals surface area contributed by atoms with Gasteiger partial charge in [0.1, 0.15) is 12.6 Å². The number of nitrogens with zero attached hydrogens (tertiary/aromatic N) is 2. The topological polar surface area (TPSA) is 86.8 Å². The van der Waals surface area contributed by atoms with Crippen LogP contribution in [0.1, 0.15) is 37.0 Å². The second-order valence-corrected chi connectivity index (χ2v) is 10.2. The van der Waals surface area contributed by atoms with Gasteiger partial charge in [-0.15, -0.1) is 0 Å². The van der Waals surface area contributed by atoms with Crippen molar-refractivity contribution in [2.24, 2.45) is 0 Å². The molecular weight excluding hydrogens is 462 g/mol. The minimum Gasteiger partial charge on any atom is -0.355 e. The molecule has 0 spiro atoms. The van der Waals surface area contributed by atoms with E-state index in [0.29, 0.717) is 29.2 Å². The summed E-state index contributed by atoms with van der Waals surface area (Å²) < 4.78 is 26.4. The molecule has 0 heterocycles. The summed E-state index contributed by atoms with van der Waals surface area (Å²) in [5.74, 6) is -0.743. The predicted molar refractivity (Wildman–Crippen MR) is 133 cm³/mol. The lowest BCUT2D eigenvalue weighted by molar-refractivity contribution is -0.140. The molecule has 0 saturated heterocycles. The van der Waals surface area contributed by atoms with Crippen LogP contribution in [0.15, 0.2) is 42.5 Å². The molecule has 0 fully saturated rings. The van der Waals surface area contributed by atoms with Crippen LogP contribution in [0.25, 0.3) is 0 Å². The Balaban J connectivity index is 2.49. The van der Waals surface area contributed by atoms with Gasteiger partial charge in [-0.05, 0) is 56.0 Å². The SMILES string of the molecule is CCNC(=O)[C@@H](CC)N(Cc1ccccc1C)C(=O)CN(c1cccc(Cl)c1C)S(C)(=O)=O. The summed E-state index contributed by atoms with van der Waals surface area (Å²) in [6, 6.07) is 11.8. The summed E-state index contributed by atoms with van der Waals surface area (Å²) in [4.78, 5) is 27.9. The highest BCUT2D eigenvalue weighted by Crippen LogP contribution is 2.28. The summed E-state index contributed by atoms with van der Waals surface area (Å²) in [5.41, 5.74) is 2.75. The number of aryl methyl sites for hydroxylation is 1. The first-order chi connectivity index (χ1) is 15.5. The molecule has 2 rings (SSSR count). The Morgan fingerprint density at radius 1 is 1.06 bits per heavy atom. The van der Waals surface area contributed by atoms with Crippen LogP contribution in [0.4, 0.5) is 5.69 Å². The van der Waals surface area contributed by atoms with Crippen molar-refractivity contribution in [1.82, 2.24) is 10.2 Å². The average Bonchev–Trinajstić information content (AvgIpc) is 2.74. The minimum absolute atomic E-state index is 0.188. The third kappa shape index (κ3) is 6.71. The molecule has 0 unspecified atom stereocenters. The predicted octanol–water partition coefficient (Wildman–Crippen LogP) is 3.67. The van der Waals surface area contributed by atoms with Gasteiger partial charge in [-0.3, -0.25) is 13.9 Å². The molecule has 0 aromatic heterocycles. The van der Waals surface area contributed by atoms with E-state index in [-0.39, 0.29) is 12.5 Å². The molecule has 1 N–H and O–H groups in total. The maximum Gasteiger partial charge on any atom is 0.244 e. The van der Waals surface area contributed by atoms with E-state index in [0.717, 1.165) is 21.7 Å². The fourth-order valence-corrected chi connectivity index (χ4v) is 4.71. The van der Waals surface area contributed by atoms with Crippen LogP contribution in [0, 0.1) is 13.8 Å². The molecule has 2 aromatic rings. The maximum atomic E-state index is 13.6. The lowest BCUT2D eigenvalue weighted by Gasteiger charge is -2.33. The number of anilines is 1. The van der Waals surface area contributed by atoms with Crippen molar-refractivity contribution in [3.8, 4) is 0 Å². The van der Waals surface area contributed by atoms with Crippen molar-refractivity contribution >= 4 is 39.1 Å². The fourth-order valence-electron chi connectivity index (χ4n) is 3.64. The molecule has 0 radical (unpaired) electrons. The van der Waals surface area contributed by atoms with Crippen molar-refractivity contribution in [2.45, 2.75) is 46.7 Å². The number of nitrogens with one attached hydrogen (secondary N) is 1. The zero-order chi connectivity index (χ0) is 24.8. The number of likely N-dealkylation sites (N-methyl/N-ethyl adjacent to an activating group) is 1. The van der Waals surface area contributed by atoms with Crippen LogP contribution in [-0.2, 0) is 26.2 Å². The van der Waals surface area contributed by atoms with E-state index >= 15 is 0 Å². The second-order valence-electron chi connectivity index (χ2n) is 7.92. The number of amides is 2. The van der Waals surface area contributed by atoms with Crippen LogP contribution in [0.3, 0.4) is 0 Å². The molecule has 2 aromatic carbocycles. The Bertz CT molecular complexity index is 1100. The molecule has 0 bridgehead atoms. The van der Waals surface area contributed by atoms with Gasteiger partial charge in [0.15, 0.2) is 0 Å². The lowest BCUT2D eigenvalue weighted by atomic mass is 10.1. The van der Waals surface area contributed by atoms with Gasteiger partial charge in [0, 0.05) is 18.1 Å². The Morgan fingerprint density at radius 2 is 1.73 bits per heavy atom. The van der Waals surface area contributed by atoms with Crippen molar-refractivity contribution in [2.75, 3.05) is 23.7 Å². The Hall–Kier alpha value is -2.58. The average molecular weight is 494 g/mol. The Labute approximate surface area is 201 Å². The second kappa shape index (κ2) is 11.5. The molecule has 9 heteroatoms. The van der Waals surface area contributed by atoms with Crippen LogP contribution in [-0.4, -0.2) is 50.5 Å². The molecule has 2 amide bonds. The first kappa shape index (κ1) is 26.7. The zero-order valence-corrected chi connectivity index (χ0v) is 21.3.